The molecule has 0 spiro atoms. The van der Waals surface area contributed by atoms with Gasteiger partial charge in [0, 0.05) is 35.7 Å². The second-order valence-corrected chi connectivity index (χ2v) is 8.09. The first-order valence-electron chi connectivity index (χ1n) is 9.70. The summed E-state index contributed by atoms with van der Waals surface area (Å²) in [5, 5.41) is 14.0. The van der Waals surface area contributed by atoms with E-state index in [9.17, 15) is 19.5 Å². The van der Waals surface area contributed by atoms with Gasteiger partial charge in [-0.3, -0.25) is 9.59 Å². The van der Waals surface area contributed by atoms with E-state index in [4.69, 9.17) is 0 Å². The smallest absolute Gasteiger partial charge is 0.326 e. The molecule has 1 amide bonds. The molecule has 4 aromatic rings. The molecule has 4 rings (SSSR count). The Morgan fingerprint density at radius 3 is 2.65 bits per heavy atom. The summed E-state index contributed by atoms with van der Waals surface area (Å²) in [6, 6.07) is 13.6. The van der Waals surface area contributed by atoms with Gasteiger partial charge in [-0.25, -0.2) is 9.78 Å². The molecule has 0 aliphatic heterocycles. The minimum Gasteiger partial charge on any atom is -0.480 e. The Morgan fingerprint density at radius 2 is 1.84 bits per heavy atom. The molecule has 0 fully saturated rings. The lowest BCUT2D eigenvalue weighted by Crippen LogP contribution is -2.42. The maximum Gasteiger partial charge on any atom is 0.326 e. The number of thioether (sulfide) groups is 1. The van der Waals surface area contributed by atoms with Crippen LogP contribution in [-0.2, 0) is 16.0 Å². The van der Waals surface area contributed by atoms with Crippen LogP contribution in [0.25, 0.3) is 21.8 Å². The normalized spacial score (nSPS) is 12.1. The molecule has 2 aromatic carbocycles. The van der Waals surface area contributed by atoms with Gasteiger partial charge in [0.25, 0.3) is 5.56 Å². The van der Waals surface area contributed by atoms with Gasteiger partial charge in [-0.1, -0.05) is 42.1 Å². The molecular weight excluding hydrogens is 416 g/mol. The van der Waals surface area contributed by atoms with E-state index in [0.29, 0.717) is 21.8 Å². The van der Waals surface area contributed by atoms with Gasteiger partial charge in [-0.15, -0.1) is 0 Å². The van der Waals surface area contributed by atoms with Gasteiger partial charge in [0.2, 0.25) is 5.91 Å². The number of hydrogen-bond acceptors (Lipinski definition) is 5. The van der Waals surface area contributed by atoms with Crippen LogP contribution in [0, 0.1) is 0 Å². The average molecular weight is 436 g/mol. The molecule has 158 valence electrons. The molecule has 31 heavy (non-hydrogen) atoms. The number of carbonyl (C=O) groups excluding carboxylic acids is 1. The quantitative estimate of drug-likeness (QED) is 0.248. The van der Waals surface area contributed by atoms with Crippen molar-refractivity contribution < 1.29 is 14.7 Å². The Bertz CT molecular complexity index is 1310. The number of nitrogens with zero attached hydrogens (tertiary/aromatic N) is 1. The molecule has 0 saturated heterocycles. The highest BCUT2D eigenvalue weighted by Crippen LogP contribution is 2.19. The van der Waals surface area contributed by atoms with Gasteiger partial charge in [0.1, 0.15) is 6.04 Å². The fourth-order valence-electron chi connectivity index (χ4n) is 3.36. The maximum atomic E-state index is 12.3. The van der Waals surface area contributed by atoms with Crippen molar-refractivity contribution in [2.24, 2.45) is 0 Å². The summed E-state index contributed by atoms with van der Waals surface area (Å²) in [7, 11) is 0. The molecule has 0 bridgehead atoms. The number of carboxylic acids is 1. The van der Waals surface area contributed by atoms with Gasteiger partial charge in [-0.05, 0) is 23.8 Å². The third-order valence-electron chi connectivity index (χ3n) is 4.89. The highest BCUT2D eigenvalue weighted by Gasteiger charge is 2.21. The van der Waals surface area contributed by atoms with Crippen molar-refractivity contribution in [3.05, 3.63) is 70.6 Å². The number of carbonyl (C=O) groups is 2. The molecule has 2 heterocycles. The number of benzene rings is 2. The first-order valence-corrected chi connectivity index (χ1v) is 10.7. The number of fused-ring (bicyclic) bond motifs is 2. The number of nitrogens with one attached hydrogen (secondary N) is 3. The number of carboxylic acid groups (broad SMARTS) is 1. The van der Waals surface area contributed by atoms with Crippen LogP contribution in [0.5, 0.6) is 0 Å². The topological polar surface area (TPSA) is 128 Å². The molecule has 0 unspecified atom stereocenters. The van der Waals surface area contributed by atoms with Crippen LogP contribution in [0.3, 0.4) is 0 Å². The number of amides is 1. The molecular formula is C22H20N4O4S. The average Bonchev–Trinajstić information content (AvgIpc) is 3.16. The van der Waals surface area contributed by atoms with Crippen LogP contribution in [-0.4, -0.2) is 43.7 Å². The van der Waals surface area contributed by atoms with E-state index in [1.807, 2.05) is 24.3 Å². The van der Waals surface area contributed by atoms with Gasteiger partial charge in [0.15, 0.2) is 5.16 Å². The summed E-state index contributed by atoms with van der Waals surface area (Å²) < 4.78 is 0. The molecule has 9 heteroatoms. The van der Waals surface area contributed by atoms with Crippen LogP contribution in [0.1, 0.15) is 12.0 Å². The van der Waals surface area contributed by atoms with Crippen LogP contribution in [0.4, 0.5) is 0 Å². The lowest BCUT2D eigenvalue weighted by Gasteiger charge is -2.14. The van der Waals surface area contributed by atoms with Crippen molar-refractivity contribution in [2.45, 2.75) is 24.0 Å². The molecule has 0 radical (unpaired) electrons. The van der Waals surface area contributed by atoms with E-state index in [1.54, 1.807) is 30.5 Å². The van der Waals surface area contributed by atoms with E-state index in [1.165, 1.54) is 11.8 Å². The van der Waals surface area contributed by atoms with Gasteiger partial charge in [0.05, 0.1) is 10.9 Å². The largest absolute Gasteiger partial charge is 0.480 e. The number of H-pyrrole nitrogens is 2. The van der Waals surface area contributed by atoms with Crippen molar-refractivity contribution >= 4 is 45.4 Å². The monoisotopic (exact) mass is 436 g/mol. The highest BCUT2D eigenvalue weighted by atomic mass is 32.2. The molecule has 1 atom stereocenters. The Kier molecular flexibility index (Phi) is 6.03. The number of aromatic amines is 2. The molecule has 0 aliphatic carbocycles. The van der Waals surface area contributed by atoms with Crippen LogP contribution in [0.2, 0.25) is 0 Å². The SMILES string of the molecule is O=C(CCSc1nc2ccccc2c(=O)[nH]1)N[C@@H](Cc1c[nH]c2ccccc12)C(=O)O. The fourth-order valence-corrected chi connectivity index (χ4v) is 4.17. The summed E-state index contributed by atoms with van der Waals surface area (Å²) in [5.41, 5.74) is 2.10. The number of aromatic nitrogens is 3. The van der Waals surface area contributed by atoms with Crippen molar-refractivity contribution in [3.63, 3.8) is 0 Å². The summed E-state index contributed by atoms with van der Waals surface area (Å²) in [4.78, 5) is 46.3. The van der Waals surface area contributed by atoms with Crippen molar-refractivity contribution in [1.82, 2.24) is 20.3 Å². The Morgan fingerprint density at radius 1 is 1.10 bits per heavy atom. The molecule has 4 N–H and O–H groups in total. The zero-order valence-corrected chi connectivity index (χ0v) is 17.2. The van der Waals surface area contributed by atoms with E-state index in [-0.39, 0.29) is 24.3 Å². The number of aliphatic carboxylic acids is 1. The molecule has 8 nitrogen and oxygen atoms in total. The lowest BCUT2D eigenvalue weighted by molar-refractivity contribution is -0.141. The maximum absolute atomic E-state index is 12.3. The lowest BCUT2D eigenvalue weighted by atomic mass is 10.0. The Balaban J connectivity index is 1.35. The summed E-state index contributed by atoms with van der Waals surface area (Å²) in [6.45, 7) is 0. The first kappa shape index (κ1) is 20.7. The molecule has 0 aliphatic rings. The predicted molar refractivity (Wildman–Crippen MR) is 119 cm³/mol. The van der Waals surface area contributed by atoms with E-state index in [2.05, 4.69) is 20.3 Å². The van der Waals surface area contributed by atoms with Crippen LogP contribution in [0.15, 0.2) is 64.7 Å². The summed E-state index contributed by atoms with van der Waals surface area (Å²) in [5.74, 6) is -1.11. The van der Waals surface area contributed by atoms with E-state index >= 15 is 0 Å². The Labute approximate surface area is 181 Å². The number of hydrogen-bond donors (Lipinski definition) is 4. The summed E-state index contributed by atoms with van der Waals surface area (Å²) in [6.07, 6.45) is 2.04. The van der Waals surface area contributed by atoms with Gasteiger partial charge in [-0.2, -0.15) is 0 Å². The second-order valence-electron chi connectivity index (χ2n) is 7.01. The second kappa shape index (κ2) is 9.05. The third kappa shape index (κ3) is 4.77. The third-order valence-corrected chi connectivity index (χ3v) is 5.77. The van der Waals surface area contributed by atoms with E-state index < -0.39 is 12.0 Å². The van der Waals surface area contributed by atoms with Gasteiger partial charge < -0.3 is 20.4 Å². The van der Waals surface area contributed by atoms with Crippen LogP contribution >= 0.6 is 11.8 Å². The number of rotatable bonds is 8. The zero-order chi connectivity index (χ0) is 21.8. The van der Waals surface area contributed by atoms with E-state index in [0.717, 1.165) is 16.5 Å². The van der Waals surface area contributed by atoms with Gasteiger partial charge >= 0.3 is 5.97 Å². The zero-order valence-electron chi connectivity index (χ0n) is 16.4. The first-order chi connectivity index (χ1) is 15.0. The van der Waals surface area contributed by atoms with Crippen molar-refractivity contribution in [1.29, 1.82) is 0 Å². The summed E-state index contributed by atoms with van der Waals surface area (Å²) >= 11 is 1.24. The molecule has 2 aromatic heterocycles. The van der Waals surface area contributed by atoms with Crippen molar-refractivity contribution in [3.8, 4) is 0 Å². The van der Waals surface area contributed by atoms with Crippen molar-refractivity contribution in [2.75, 3.05) is 5.75 Å². The minimum absolute atomic E-state index is 0.0961. The Hall–Kier alpha value is -3.59. The standard InChI is InChI=1S/C22H20N4O4S/c27-19(9-10-31-22-25-17-8-4-2-6-15(17)20(28)26-22)24-18(21(29)30)11-13-12-23-16-7-3-1-5-14(13)16/h1-8,12,18,23H,9-11H2,(H,24,27)(H,29,30)(H,25,26,28)/t18-/m0/s1. The number of para-hydroxylation sites is 2. The molecule has 0 saturated carbocycles. The highest BCUT2D eigenvalue weighted by molar-refractivity contribution is 7.99. The van der Waals surface area contributed by atoms with Crippen LogP contribution < -0.4 is 10.9 Å². The fraction of sp³-hybridized carbons (Fsp3) is 0.182. The predicted octanol–water partition coefficient (Wildman–Crippen LogP) is 2.70. The minimum atomic E-state index is -1.09.